The van der Waals surface area contributed by atoms with Crippen LogP contribution in [0.15, 0.2) is 41.6 Å². The van der Waals surface area contributed by atoms with Crippen molar-refractivity contribution < 1.29 is 14.3 Å². The van der Waals surface area contributed by atoms with E-state index in [1.807, 2.05) is 18.2 Å². The fraction of sp³-hybridized carbons (Fsp3) is 0.294. The first-order valence-electron chi connectivity index (χ1n) is 7.52. The van der Waals surface area contributed by atoms with Gasteiger partial charge in [-0.2, -0.15) is 0 Å². The number of amides is 1. The second-order valence-corrected chi connectivity index (χ2v) is 6.16. The van der Waals surface area contributed by atoms with Crippen LogP contribution in [-0.4, -0.2) is 23.4 Å². The third-order valence-electron chi connectivity index (χ3n) is 3.35. The molecule has 0 saturated carbocycles. The third kappa shape index (κ3) is 3.76. The molecule has 0 bridgehead atoms. The van der Waals surface area contributed by atoms with E-state index in [1.54, 1.807) is 30.1 Å². The molecular formula is C17H18N2O3S. The van der Waals surface area contributed by atoms with Crippen molar-refractivity contribution in [2.24, 2.45) is 0 Å². The Kier molecular flexibility index (Phi) is 5.02. The number of carbonyl (C=O) groups is 1. The molecule has 1 aliphatic rings. The van der Waals surface area contributed by atoms with Gasteiger partial charge in [0.25, 0.3) is 5.91 Å². The number of aromatic nitrogens is 1. The third-order valence-corrected chi connectivity index (χ3v) is 4.56. The van der Waals surface area contributed by atoms with Crippen LogP contribution in [0.4, 0.5) is 0 Å². The molecule has 0 aliphatic carbocycles. The van der Waals surface area contributed by atoms with Crippen molar-refractivity contribution >= 4 is 17.7 Å². The molecule has 0 unspecified atom stereocenters. The van der Waals surface area contributed by atoms with E-state index in [0.29, 0.717) is 12.1 Å². The maximum absolute atomic E-state index is 12.4. The summed E-state index contributed by atoms with van der Waals surface area (Å²) < 4.78 is 10.6. The van der Waals surface area contributed by atoms with Gasteiger partial charge in [-0.1, -0.05) is 13.0 Å². The highest BCUT2D eigenvalue weighted by Gasteiger charge is 2.15. The molecule has 0 atom stereocenters. The van der Waals surface area contributed by atoms with Crippen molar-refractivity contribution in [2.45, 2.75) is 24.9 Å². The molecule has 0 spiro atoms. The van der Waals surface area contributed by atoms with E-state index in [0.717, 1.165) is 34.3 Å². The zero-order chi connectivity index (χ0) is 16.1. The number of fused-ring (bicyclic) bond motifs is 1. The average molecular weight is 330 g/mol. The van der Waals surface area contributed by atoms with Crippen molar-refractivity contribution in [3.05, 3.63) is 47.7 Å². The molecular weight excluding hydrogens is 312 g/mol. The van der Waals surface area contributed by atoms with Gasteiger partial charge in [0.15, 0.2) is 11.5 Å². The fourth-order valence-electron chi connectivity index (χ4n) is 2.21. The first-order valence-corrected chi connectivity index (χ1v) is 8.51. The maximum Gasteiger partial charge on any atom is 0.254 e. The highest BCUT2D eigenvalue weighted by molar-refractivity contribution is 7.99. The Bertz CT molecular complexity index is 706. The Morgan fingerprint density at radius 2 is 2.17 bits per heavy atom. The van der Waals surface area contributed by atoms with Crippen molar-refractivity contribution in [2.75, 3.05) is 12.5 Å². The van der Waals surface area contributed by atoms with Gasteiger partial charge < -0.3 is 14.8 Å². The molecule has 0 saturated heterocycles. The van der Waals surface area contributed by atoms with Crippen LogP contribution >= 0.6 is 11.8 Å². The topological polar surface area (TPSA) is 60.5 Å². The Labute approximate surface area is 139 Å². The van der Waals surface area contributed by atoms with Crippen LogP contribution in [0.25, 0.3) is 0 Å². The lowest BCUT2D eigenvalue weighted by Crippen LogP contribution is -2.23. The highest BCUT2D eigenvalue weighted by Crippen LogP contribution is 2.32. The molecule has 2 heterocycles. The molecule has 120 valence electrons. The Morgan fingerprint density at radius 1 is 1.30 bits per heavy atom. The van der Waals surface area contributed by atoms with Gasteiger partial charge in [0.05, 0.1) is 5.56 Å². The van der Waals surface area contributed by atoms with E-state index in [2.05, 4.69) is 17.2 Å². The molecule has 3 rings (SSSR count). The zero-order valence-corrected chi connectivity index (χ0v) is 13.7. The number of ether oxygens (including phenoxy) is 2. The second kappa shape index (κ2) is 7.37. The summed E-state index contributed by atoms with van der Waals surface area (Å²) in [6.07, 6.45) is 2.76. The SMILES string of the molecule is CCCSc1ncccc1C(=O)NCc1ccc2c(c1)OCO2. The molecule has 23 heavy (non-hydrogen) atoms. The molecule has 0 radical (unpaired) electrons. The lowest BCUT2D eigenvalue weighted by atomic mass is 10.2. The van der Waals surface area contributed by atoms with E-state index in [9.17, 15) is 4.79 Å². The Hall–Kier alpha value is -2.21. The normalized spacial score (nSPS) is 12.2. The van der Waals surface area contributed by atoms with Gasteiger partial charge in [-0.15, -0.1) is 11.8 Å². The van der Waals surface area contributed by atoms with Gasteiger partial charge in [0, 0.05) is 12.7 Å². The quantitative estimate of drug-likeness (QED) is 0.824. The minimum absolute atomic E-state index is 0.116. The molecule has 5 nitrogen and oxygen atoms in total. The number of nitrogens with one attached hydrogen (secondary N) is 1. The average Bonchev–Trinajstić information content (AvgIpc) is 3.05. The summed E-state index contributed by atoms with van der Waals surface area (Å²) in [7, 11) is 0. The number of rotatable bonds is 6. The first-order chi connectivity index (χ1) is 11.3. The van der Waals surface area contributed by atoms with Crippen molar-refractivity contribution in [3.8, 4) is 11.5 Å². The molecule has 1 aromatic heterocycles. The number of nitrogens with zero attached hydrogens (tertiary/aromatic N) is 1. The fourth-order valence-corrected chi connectivity index (χ4v) is 3.05. The molecule has 1 aromatic carbocycles. The molecule has 2 aromatic rings. The van der Waals surface area contributed by atoms with Crippen LogP contribution in [0, 0.1) is 0 Å². The van der Waals surface area contributed by atoms with E-state index in [1.165, 1.54) is 0 Å². The van der Waals surface area contributed by atoms with Gasteiger partial charge in [-0.25, -0.2) is 4.98 Å². The van der Waals surface area contributed by atoms with E-state index >= 15 is 0 Å². The van der Waals surface area contributed by atoms with Crippen LogP contribution in [0.3, 0.4) is 0 Å². The largest absolute Gasteiger partial charge is 0.454 e. The molecule has 6 heteroatoms. The number of benzene rings is 1. The van der Waals surface area contributed by atoms with Crippen LogP contribution in [0.1, 0.15) is 29.3 Å². The number of thioether (sulfide) groups is 1. The van der Waals surface area contributed by atoms with Crippen LogP contribution in [0.2, 0.25) is 0 Å². The van der Waals surface area contributed by atoms with Gasteiger partial charge in [0.2, 0.25) is 6.79 Å². The standard InChI is InChI=1S/C17H18N2O3S/c1-2-8-23-17-13(4-3-7-18-17)16(20)19-10-12-5-6-14-15(9-12)22-11-21-14/h3-7,9H,2,8,10-11H2,1H3,(H,19,20). The van der Waals surface area contributed by atoms with Crippen molar-refractivity contribution in [1.29, 1.82) is 0 Å². The summed E-state index contributed by atoms with van der Waals surface area (Å²) in [5.74, 6) is 2.29. The smallest absolute Gasteiger partial charge is 0.254 e. The summed E-state index contributed by atoms with van der Waals surface area (Å²) in [4.78, 5) is 16.7. The number of pyridine rings is 1. The van der Waals surface area contributed by atoms with Gasteiger partial charge in [-0.3, -0.25) is 4.79 Å². The molecule has 1 amide bonds. The maximum atomic E-state index is 12.4. The number of hydrogen-bond acceptors (Lipinski definition) is 5. The van der Waals surface area contributed by atoms with Crippen molar-refractivity contribution in [3.63, 3.8) is 0 Å². The van der Waals surface area contributed by atoms with E-state index in [4.69, 9.17) is 9.47 Å². The zero-order valence-electron chi connectivity index (χ0n) is 12.9. The van der Waals surface area contributed by atoms with Gasteiger partial charge in [0.1, 0.15) is 5.03 Å². The minimum Gasteiger partial charge on any atom is -0.454 e. The van der Waals surface area contributed by atoms with Gasteiger partial charge in [-0.05, 0) is 42.0 Å². The van der Waals surface area contributed by atoms with Crippen LogP contribution < -0.4 is 14.8 Å². The van der Waals surface area contributed by atoms with Gasteiger partial charge >= 0.3 is 0 Å². The van der Waals surface area contributed by atoms with E-state index in [-0.39, 0.29) is 12.7 Å². The lowest BCUT2D eigenvalue weighted by molar-refractivity contribution is 0.0947. The summed E-state index contributed by atoms with van der Waals surface area (Å²) in [6, 6.07) is 9.25. The summed E-state index contributed by atoms with van der Waals surface area (Å²) in [5, 5.41) is 3.71. The predicted molar refractivity (Wildman–Crippen MR) is 89.0 cm³/mol. The lowest BCUT2D eigenvalue weighted by Gasteiger charge is -2.09. The van der Waals surface area contributed by atoms with Crippen molar-refractivity contribution in [1.82, 2.24) is 10.3 Å². The first kappa shape index (κ1) is 15.7. The molecule has 1 aliphatic heterocycles. The second-order valence-electron chi connectivity index (χ2n) is 5.07. The number of carbonyl (C=O) groups excluding carboxylic acids is 1. The highest BCUT2D eigenvalue weighted by atomic mass is 32.2. The number of hydrogen-bond donors (Lipinski definition) is 1. The molecule has 1 N–H and O–H groups in total. The summed E-state index contributed by atoms with van der Waals surface area (Å²) >= 11 is 1.60. The Morgan fingerprint density at radius 3 is 3.04 bits per heavy atom. The summed E-state index contributed by atoms with van der Waals surface area (Å²) in [6.45, 7) is 2.79. The van der Waals surface area contributed by atoms with E-state index < -0.39 is 0 Å². The monoisotopic (exact) mass is 330 g/mol. The van der Waals surface area contributed by atoms with Crippen LogP contribution in [0.5, 0.6) is 11.5 Å². The van der Waals surface area contributed by atoms with Crippen LogP contribution in [-0.2, 0) is 6.54 Å². The molecule has 0 fully saturated rings. The summed E-state index contributed by atoms with van der Waals surface area (Å²) in [5.41, 5.74) is 1.58. The minimum atomic E-state index is -0.116. The Balaban J connectivity index is 1.65. The predicted octanol–water partition coefficient (Wildman–Crippen LogP) is 3.24.